The number of nitrogens with one attached hydrogen (secondary N) is 1. The summed E-state index contributed by atoms with van der Waals surface area (Å²) in [6.45, 7) is 5.73. The van der Waals surface area contributed by atoms with Crippen molar-refractivity contribution in [3.63, 3.8) is 0 Å². The molecule has 0 unspecified atom stereocenters. The van der Waals surface area contributed by atoms with E-state index < -0.39 is 0 Å². The van der Waals surface area contributed by atoms with E-state index in [0.29, 0.717) is 23.2 Å². The van der Waals surface area contributed by atoms with Crippen molar-refractivity contribution in [2.45, 2.75) is 32.7 Å². The van der Waals surface area contributed by atoms with E-state index in [4.69, 9.17) is 27.5 Å². The molecule has 0 radical (unpaired) electrons. The second-order valence-electron chi connectivity index (χ2n) is 4.73. The minimum absolute atomic E-state index is 0.0378. The normalized spacial score (nSPS) is 10.8. The predicted octanol–water partition coefficient (Wildman–Crippen LogP) is 3.27. The topological polar surface area (TPSA) is 62.3 Å². The standard InChI is InChI=1S/C15H24ClN3O/c1-4-12(5-2)19(8-9-20-3)14-7-6-11(16)10-13(14)15(17)18/h6-7,10,12H,4-5,8-9H2,1-3H3,(H3,17,18). The van der Waals surface area contributed by atoms with Gasteiger partial charge in [0, 0.05) is 36.0 Å². The molecule has 0 aliphatic rings. The largest absolute Gasteiger partial charge is 0.384 e. The number of nitrogens with zero attached hydrogens (tertiary/aromatic N) is 1. The second-order valence-corrected chi connectivity index (χ2v) is 5.17. The van der Waals surface area contributed by atoms with E-state index in [1.54, 1.807) is 13.2 Å². The predicted molar refractivity (Wildman–Crippen MR) is 86.1 cm³/mol. The smallest absolute Gasteiger partial charge is 0.124 e. The zero-order valence-electron chi connectivity index (χ0n) is 12.4. The molecule has 0 aliphatic carbocycles. The number of benzene rings is 1. The molecule has 0 aliphatic heterocycles. The SMILES string of the molecule is CCC(CC)N(CCOC)c1ccc(Cl)cc1C(=N)N. The van der Waals surface area contributed by atoms with Crippen LogP contribution in [-0.4, -0.2) is 32.1 Å². The van der Waals surface area contributed by atoms with E-state index in [-0.39, 0.29) is 5.84 Å². The molecule has 112 valence electrons. The molecule has 4 nitrogen and oxygen atoms in total. The Hall–Kier alpha value is -1.26. The van der Waals surface area contributed by atoms with Crippen LogP contribution in [0.3, 0.4) is 0 Å². The number of ether oxygens (including phenoxy) is 1. The number of halogens is 1. The van der Waals surface area contributed by atoms with Crippen LogP contribution in [0.5, 0.6) is 0 Å². The molecule has 0 heterocycles. The van der Waals surface area contributed by atoms with Gasteiger partial charge in [0.1, 0.15) is 5.84 Å². The molecule has 1 rings (SSSR count). The van der Waals surface area contributed by atoms with Gasteiger partial charge < -0.3 is 15.4 Å². The van der Waals surface area contributed by atoms with Gasteiger partial charge in [0.15, 0.2) is 0 Å². The fourth-order valence-corrected chi connectivity index (χ4v) is 2.57. The minimum atomic E-state index is 0.0378. The quantitative estimate of drug-likeness (QED) is 0.572. The minimum Gasteiger partial charge on any atom is -0.384 e. The maximum absolute atomic E-state index is 7.76. The van der Waals surface area contributed by atoms with E-state index in [2.05, 4.69) is 18.7 Å². The van der Waals surface area contributed by atoms with Crippen LogP contribution in [0.1, 0.15) is 32.3 Å². The summed E-state index contributed by atoms with van der Waals surface area (Å²) in [5.41, 5.74) is 7.33. The van der Waals surface area contributed by atoms with Crippen LogP contribution in [0.25, 0.3) is 0 Å². The number of amidine groups is 1. The van der Waals surface area contributed by atoms with Gasteiger partial charge in [0.2, 0.25) is 0 Å². The summed E-state index contributed by atoms with van der Waals surface area (Å²) >= 11 is 6.02. The van der Waals surface area contributed by atoms with Gasteiger partial charge in [0.05, 0.1) is 6.61 Å². The highest BCUT2D eigenvalue weighted by Gasteiger charge is 2.19. The number of anilines is 1. The molecule has 0 amide bonds. The van der Waals surface area contributed by atoms with Crippen LogP contribution in [0, 0.1) is 5.41 Å². The third-order valence-electron chi connectivity index (χ3n) is 3.48. The highest BCUT2D eigenvalue weighted by atomic mass is 35.5. The second kappa shape index (κ2) is 8.12. The molecule has 1 aromatic carbocycles. The first-order chi connectivity index (χ1) is 9.54. The summed E-state index contributed by atoms with van der Waals surface area (Å²) in [6.07, 6.45) is 2.06. The lowest BCUT2D eigenvalue weighted by Gasteiger charge is -2.34. The number of hydrogen-bond donors (Lipinski definition) is 2. The average molecular weight is 298 g/mol. The van der Waals surface area contributed by atoms with Gasteiger partial charge in [-0.2, -0.15) is 0 Å². The van der Waals surface area contributed by atoms with Gasteiger partial charge in [-0.3, -0.25) is 5.41 Å². The van der Waals surface area contributed by atoms with Crippen LogP contribution in [0.15, 0.2) is 18.2 Å². The number of hydrogen-bond acceptors (Lipinski definition) is 3. The van der Waals surface area contributed by atoms with Gasteiger partial charge in [-0.05, 0) is 31.0 Å². The van der Waals surface area contributed by atoms with Gasteiger partial charge >= 0.3 is 0 Å². The van der Waals surface area contributed by atoms with Crippen molar-refractivity contribution in [1.29, 1.82) is 5.41 Å². The van der Waals surface area contributed by atoms with Crippen molar-refractivity contribution in [3.8, 4) is 0 Å². The Balaban J connectivity index is 3.21. The Morgan fingerprint density at radius 2 is 2.05 bits per heavy atom. The molecular weight excluding hydrogens is 274 g/mol. The molecule has 0 saturated carbocycles. The highest BCUT2D eigenvalue weighted by molar-refractivity contribution is 6.31. The molecular formula is C15H24ClN3O. The monoisotopic (exact) mass is 297 g/mol. The molecule has 0 saturated heterocycles. The van der Waals surface area contributed by atoms with Crippen molar-refractivity contribution in [2.75, 3.05) is 25.2 Å². The maximum Gasteiger partial charge on any atom is 0.124 e. The van der Waals surface area contributed by atoms with Crippen LogP contribution >= 0.6 is 11.6 Å². The van der Waals surface area contributed by atoms with Crippen LogP contribution in [0.2, 0.25) is 5.02 Å². The zero-order valence-corrected chi connectivity index (χ0v) is 13.2. The third kappa shape index (κ3) is 4.12. The summed E-state index contributed by atoms with van der Waals surface area (Å²) in [6, 6.07) is 5.92. The molecule has 1 aromatic rings. The number of nitrogens with two attached hydrogens (primary N) is 1. The Morgan fingerprint density at radius 3 is 2.55 bits per heavy atom. The van der Waals surface area contributed by atoms with E-state index in [9.17, 15) is 0 Å². The third-order valence-corrected chi connectivity index (χ3v) is 3.71. The summed E-state index contributed by atoms with van der Waals surface area (Å²) < 4.78 is 5.20. The molecule has 0 atom stereocenters. The zero-order chi connectivity index (χ0) is 15.1. The summed E-state index contributed by atoms with van der Waals surface area (Å²) in [5, 5.41) is 8.35. The molecule has 20 heavy (non-hydrogen) atoms. The lowest BCUT2D eigenvalue weighted by atomic mass is 10.1. The molecule has 0 bridgehead atoms. The van der Waals surface area contributed by atoms with Crippen molar-refractivity contribution >= 4 is 23.1 Å². The molecule has 0 aromatic heterocycles. The lowest BCUT2D eigenvalue weighted by molar-refractivity contribution is 0.202. The fraction of sp³-hybridized carbons (Fsp3) is 0.533. The van der Waals surface area contributed by atoms with Gasteiger partial charge in [-0.25, -0.2) is 0 Å². The highest BCUT2D eigenvalue weighted by Crippen LogP contribution is 2.27. The lowest BCUT2D eigenvalue weighted by Crippen LogP contribution is -2.38. The average Bonchev–Trinajstić information content (AvgIpc) is 2.43. The number of methoxy groups -OCH3 is 1. The maximum atomic E-state index is 7.76. The van der Waals surface area contributed by atoms with Gasteiger partial charge in [-0.1, -0.05) is 25.4 Å². The number of rotatable bonds is 8. The van der Waals surface area contributed by atoms with E-state index >= 15 is 0 Å². The first kappa shape index (κ1) is 16.8. The van der Waals surface area contributed by atoms with Crippen LogP contribution in [-0.2, 0) is 4.74 Å². The van der Waals surface area contributed by atoms with Crippen molar-refractivity contribution in [1.82, 2.24) is 0 Å². The summed E-state index contributed by atoms with van der Waals surface area (Å²) in [5.74, 6) is 0.0378. The Morgan fingerprint density at radius 1 is 1.40 bits per heavy atom. The fourth-order valence-electron chi connectivity index (χ4n) is 2.39. The van der Waals surface area contributed by atoms with E-state index in [1.807, 2.05) is 12.1 Å². The van der Waals surface area contributed by atoms with Gasteiger partial charge in [-0.15, -0.1) is 0 Å². The Kier molecular flexibility index (Phi) is 6.82. The first-order valence-corrected chi connectivity index (χ1v) is 7.32. The molecule has 0 fully saturated rings. The molecule has 5 heteroatoms. The molecule has 3 N–H and O–H groups in total. The van der Waals surface area contributed by atoms with Crippen LogP contribution in [0.4, 0.5) is 5.69 Å². The first-order valence-electron chi connectivity index (χ1n) is 6.94. The molecule has 0 spiro atoms. The summed E-state index contributed by atoms with van der Waals surface area (Å²) in [4.78, 5) is 2.26. The Labute approximate surface area is 126 Å². The van der Waals surface area contributed by atoms with Crippen molar-refractivity contribution in [2.24, 2.45) is 5.73 Å². The van der Waals surface area contributed by atoms with E-state index in [0.717, 1.165) is 25.1 Å². The van der Waals surface area contributed by atoms with Gasteiger partial charge in [0.25, 0.3) is 0 Å². The summed E-state index contributed by atoms with van der Waals surface area (Å²) in [7, 11) is 1.69. The van der Waals surface area contributed by atoms with Crippen molar-refractivity contribution < 1.29 is 4.74 Å². The van der Waals surface area contributed by atoms with Crippen LogP contribution < -0.4 is 10.6 Å². The van der Waals surface area contributed by atoms with Crippen molar-refractivity contribution in [3.05, 3.63) is 28.8 Å². The number of nitrogen functional groups attached to an aromatic ring is 1. The Bertz CT molecular complexity index is 447. The van der Waals surface area contributed by atoms with E-state index in [1.165, 1.54) is 0 Å².